The topological polar surface area (TPSA) is 69.7 Å². The molecule has 0 spiro atoms. The fraction of sp³-hybridized carbons (Fsp3) is 0.583. The van der Waals surface area contributed by atoms with Gasteiger partial charge in [-0.1, -0.05) is 6.08 Å². The molecule has 94 valence electrons. The maximum absolute atomic E-state index is 11.8. The number of ether oxygens (including phenoxy) is 2. The van der Waals surface area contributed by atoms with Gasteiger partial charge in [0, 0.05) is 13.8 Å². The van der Waals surface area contributed by atoms with E-state index in [2.05, 4.69) is 4.74 Å². The lowest BCUT2D eigenvalue weighted by atomic mass is 9.88. The van der Waals surface area contributed by atoms with Crippen molar-refractivity contribution in [2.24, 2.45) is 5.92 Å². The van der Waals surface area contributed by atoms with Crippen molar-refractivity contribution in [1.29, 1.82) is 0 Å². The van der Waals surface area contributed by atoms with Crippen molar-refractivity contribution in [1.82, 2.24) is 0 Å². The van der Waals surface area contributed by atoms with E-state index < -0.39 is 24.0 Å². The number of rotatable bonds is 4. The molecule has 5 nitrogen and oxygen atoms in total. The number of carbonyl (C=O) groups is 3. The molecule has 0 radical (unpaired) electrons. The van der Waals surface area contributed by atoms with Crippen LogP contribution in [-0.2, 0) is 23.9 Å². The van der Waals surface area contributed by atoms with Gasteiger partial charge in [0.05, 0.1) is 5.92 Å². The van der Waals surface area contributed by atoms with Gasteiger partial charge in [0.15, 0.2) is 5.78 Å². The molecule has 0 N–H and O–H groups in total. The van der Waals surface area contributed by atoms with Crippen LogP contribution in [0.2, 0.25) is 0 Å². The van der Waals surface area contributed by atoms with Gasteiger partial charge in [-0.2, -0.15) is 0 Å². The summed E-state index contributed by atoms with van der Waals surface area (Å²) in [5, 5.41) is 0. The second-order valence-corrected chi connectivity index (χ2v) is 3.93. The predicted molar refractivity (Wildman–Crippen MR) is 59.1 cm³/mol. The summed E-state index contributed by atoms with van der Waals surface area (Å²) in [6, 6.07) is 0. The quantitative estimate of drug-likeness (QED) is 0.542. The van der Waals surface area contributed by atoms with E-state index in [1.807, 2.05) is 6.08 Å². The van der Waals surface area contributed by atoms with Gasteiger partial charge in [0.1, 0.15) is 12.7 Å². The molecular formula is C12H16O5. The zero-order chi connectivity index (χ0) is 12.8. The van der Waals surface area contributed by atoms with Gasteiger partial charge in [-0.3, -0.25) is 14.4 Å². The lowest BCUT2D eigenvalue weighted by Gasteiger charge is -2.25. The van der Waals surface area contributed by atoms with Crippen LogP contribution in [0.15, 0.2) is 12.2 Å². The van der Waals surface area contributed by atoms with Crippen LogP contribution in [0.5, 0.6) is 0 Å². The second-order valence-electron chi connectivity index (χ2n) is 3.93. The highest BCUT2D eigenvalue weighted by atomic mass is 16.5. The molecule has 1 aliphatic carbocycles. The third-order valence-corrected chi connectivity index (χ3v) is 2.50. The van der Waals surface area contributed by atoms with E-state index in [9.17, 15) is 14.4 Å². The van der Waals surface area contributed by atoms with Crippen molar-refractivity contribution in [3.63, 3.8) is 0 Å². The van der Waals surface area contributed by atoms with E-state index in [0.717, 1.165) is 6.42 Å². The molecule has 0 unspecified atom stereocenters. The summed E-state index contributed by atoms with van der Waals surface area (Å²) >= 11 is 0. The molecular weight excluding hydrogens is 224 g/mol. The molecule has 0 aromatic heterocycles. The minimum absolute atomic E-state index is 0.212. The Kier molecular flexibility index (Phi) is 4.87. The molecule has 0 aliphatic heterocycles. The van der Waals surface area contributed by atoms with Crippen molar-refractivity contribution >= 4 is 17.7 Å². The molecule has 0 saturated heterocycles. The van der Waals surface area contributed by atoms with Gasteiger partial charge in [-0.25, -0.2) is 0 Å². The molecule has 1 aliphatic rings. The van der Waals surface area contributed by atoms with Gasteiger partial charge in [-0.05, 0) is 18.9 Å². The summed E-state index contributed by atoms with van der Waals surface area (Å²) in [5.41, 5.74) is 0. The van der Waals surface area contributed by atoms with Crippen LogP contribution in [0.1, 0.15) is 26.7 Å². The fourth-order valence-electron chi connectivity index (χ4n) is 1.74. The first-order valence-electron chi connectivity index (χ1n) is 5.50. The molecule has 2 atom stereocenters. The van der Waals surface area contributed by atoms with Gasteiger partial charge >= 0.3 is 11.9 Å². The third-order valence-electron chi connectivity index (χ3n) is 2.50. The largest absolute Gasteiger partial charge is 0.458 e. The number of allylic oxidation sites excluding steroid dienone is 1. The number of ketones is 1. The highest BCUT2D eigenvalue weighted by Crippen LogP contribution is 2.22. The Balaban J connectivity index is 2.59. The smallest absolute Gasteiger partial charge is 0.303 e. The first-order valence-corrected chi connectivity index (χ1v) is 5.50. The summed E-state index contributed by atoms with van der Waals surface area (Å²) in [6.07, 6.45) is 4.41. The Labute approximate surface area is 99.8 Å². The van der Waals surface area contributed by atoms with Crippen LogP contribution in [0, 0.1) is 5.92 Å². The highest BCUT2D eigenvalue weighted by Gasteiger charge is 2.30. The van der Waals surface area contributed by atoms with Crippen molar-refractivity contribution in [2.75, 3.05) is 6.61 Å². The SMILES string of the molecule is CC(=O)OCC(=O)[C@H]1CCC=C[C@@H]1OC(C)=O. The summed E-state index contributed by atoms with van der Waals surface area (Å²) in [7, 11) is 0. The zero-order valence-electron chi connectivity index (χ0n) is 9.97. The lowest BCUT2D eigenvalue weighted by molar-refractivity contribution is -0.153. The molecule has 17 heavy (non-hydrogen) atoms. The van der Waals surface area contributed by atoms with E-state index in [1.54, 1.807) is 6.08 Å². The summed E-state index contributed by atoms with van der Waals surface area (Å²) in [6.45, 7) is 2.29. The van der Waals surface area contributed by atoms with Crippen molar-refractivity contribution in [3.8, 4) is 0 Å². The first-order chi connectivity index (χ1) is 8.00. The lowest BCUT2D eigenvalue weighted by Crippen LogP contribution is -2.34. The molecule has 0 amide bonds. The maximum atomic E-state index is 11.8. The summed E-state index contributed by atoms with van der Waals surface area (Å²) < 4.78 is 9.70. The monoisotopic (exact) mass is 240 g/mol. The van der Waals surface area contributed by atoms with Crippen LogP contribution in [0.3, 0.4) is 0 Å². The molecule has 0 aromatic carbocycles. The molecule has 0 saturated carbocycles. The van der Waals surface area contributed by atoms with Crippen LogP contribution in [-0.4, -0.2) is 30.4 Å². The Hall–Kier alpha value is -1.65. The minimum atomic E-state index is -0.538. The standard InChI is InChI=1S/C12H16O5/c1-8(13)16-7-11(15)10-5-3-4-6-12(10)17-9(2)14/h4,6,10,12H,3,5,7H2,1-2H3/t10-,12+/m1/s1. The van der Waals surface area contributed by atoms with Gasteiger partial charge in [0.25, 0.3) is 0 Å². The van der Waals surface area contributed by atoms with E-state index in [1.165, 1.54) is 13.8 Å². The van der Waals surface area contributed by atoms with Crippen molar-refractivity contribution < 1.29 is 23.9 Å². The summed E-state index contributed by atoms with van der Waals surface area (Å²) in [4.78, 5) is 33.3. The van der Waals surface area contributed by atoms with Crippen molar-refractivity contribution in [2.45, 2.75) is 32.8 Å². The minimum Gasteiger partial charge on any atom is -0.458 e. The Bertz CT molecular complexity index is 345. The van der Waals surface area contributed by atoms with E-state index in [-0.39, 0.29) is 12.4 Å². The number of Topliss-reactive ketones (excluding diaryl/α,β-unsaturated/α-hetero) is 1. The van der Waals surface area contributed by atoms with Gasteiger partial charge < -0.3 is 9.47 Å². The molecule has 0 fully saturated rings. The molecule has 1 rings (SSSR count). The molecule has 0 aromatic rings. The Morgan fingerprint density at radius 2 is 1.94 bits per heavy atom. The average molecular weight is 240 g/mol. The molecule has 5 heteroatoms. The molecule has 0 heterocycles. The van der Waals surface area contributed by atoms with Gasteiger partial charge in [0.2, 0.25) is 0 Å². The number of esters is 2. The second kappa shape index (κ2) is 6.18. The number of hydrogen-bond donors (Lipinski definition) is 0. The zero-order valence-corrected chi connectivity index (χ0v) is 9.97. The van der Waals surface area contributed by atoms with Gasteiger partial charge in [-0.15, -0.1) is 0 Å². The predicted octanol–water partition coefficient (Wildman–Crippen LogP) is 1.02. The van der Waals surface area contributed by atoms with Crippen LogP contribution in [0.4, 0.5) is 0 Å². The Morgan fingerprint density at radius 1 is 1.24 bits per heavy atom. The van der Waals surface area contributed by atoms with E-state index >= 15 is 0 Å². The maximum Gasteiger partial charge on any atom is 0.303 e. The first kappa shape index (κ1) is 13.4. The Morgan fingerprint density at radius 3 is 2.53 bits per heavy atom. The number of carbonyl (C=O) groups excluding carboxylic acids is 3. The van der Waals surface area contributed by atoms with Crippen LogP contribution >= 0.6 is 0 Å². The number of hydrogen-bond acceptors (Lipinski definition) is 5. The highest BCUT2D eigenvalue weighted by molar-refractivity contribution is 5.85. The average Bonchev–Trinajstić information content (AvgIpc) is 2.25. The fourth-order valence-corrected chi connectivity index (χ4v) is 1.74. The van der Waals surface area contributed by atoms with E-state index in [4.69, 9.17) is 4.74 Å². The van der Waals surface area contributed by atoms with E-state index in [0.29, 0.717) is 6.42 Å². The molecule has 0 bridgehead atoms. The van der Waals surface area contributed by atoms with Crippen LogP contribution < -0.4 is 0 Å². The van der Waals surface area contributed by atoms with Crippen molar-refractivity contribution in [3.05, 3.63) is 12.2 Å². The third kappa shape index (κ3) is 4.38. The normalized spacial score (nSPS) is 22.9. The summed E-state index contributed by atoms with van der Waals surface area (Å²) in [5.74, 6) is -1.54. The van der Waals surface area contributed by atoms with Crippen LogP contribution in [0.25, 0.3) is 0 Å².